The minimum atomic E-state index is -0.203. The van der Waals surface area contributed by atoms with Crippen molar-refractivity contribution in [2.45, 2.75) is 13.5 Å². The van der Waals surface area contributed by atoms with Crippen LogP contribution in [0.25, 0.3) is 0 Å². The number of rotatable bonds is 8. The molecule has 174 valence electrons. The molecule has 0 saturated carbocycles. The number of carbonyl (C=O) groups is 1. The number of para-hydroxylation sites is 1. The second kappa shape index (κ2) is 10.5. The molecule has 4 rings (SSSR count). The van der Waals surface area contributed by atoms with E-state index in [1.807, 2.05) is 43.3 Å². The van der Waals surface area contributed by atoms with Gasteiger partial charge in [0.2, 0.25) is 0 Å². The number of nitrogens with zero attached hydrogens (tertiary/aromatic N) is 4. The van der Waals surface area contributed by atoms with Crippen molar-refractivity contribution < 1.29 is 9.53 Å². The third kappa shape index (κ3) is 5.11. The van der Waals surface area contributed by atoms with E-state index in [9.17, 15) is 4.79 Å². The van der Waals surface area contributed by atoms with Crippen LogP contribution in [-0.2, 0) is 6.54 Å². The number of aryl methyl sites for hydroxylation is 1. The van der Waals surface area contributed by atoms with E-state index in [1.165, 1.54) is 11.3 Å². The summed E-state index contributed by atoms with van der Waals surface area (Å²) in [6.45, 7) is 2.27. The number of halogens is 1. The fourth-order valence-corrected chi connectivity index (χ4v) is 4.50. The molecule has 0 aliphatic rings. The minimum Gasteiger partial charge on any atom is -0.497 e. The number of nitrogens with one attached hydrogen (secondary N) is 2. The molecular weight excluding hydrogens is 472 g/mol. The highest BCUT2D eigenvalue weighted by Crippen LogP contribution is 2.34. The number of hydrogen-bond acceptors (Lipinski definition) is 8. The Balaban J connectivity index is 1.65. The van der Waals surface area contributed by atoms with Gasteiger partial charge in [-0.2, -0.15) is 0 Å². The summed E-state index contributed by atoms with van der Waals surface area (Å²) in [6.07, 6.45) is 4.73. The zero-order chi connectivity index (χ0) is 24.1. The molecule has 0 fully saturated rings. The molecule has 0 radical (unpaired) electrons. The molecule has 2 heterocycles. The van der Waals surface area contributed by atoms with Crippen LogP contribution >= 0.6 is 22.9 Å². The van der Waals surface area contributed by atoms with Gasteiger partial charge in [0.15, 0.2) is 16.8 Å². The monoisotopic (exact) mass is 494 g/mol. The summed E-state index contributed by atoms with van der Waals surface area (Å²) < 4.78 is 5.25. The first kappa shape index (κ1) is 23.5. The Morgan fingerprint density at radius 2 is 1.82 bits per heavy atom. The predicted molar refractivity (Wildman–Crippen MR) is 137 cm³/mol. The molecule has 2 aromatic carbocycles. The Labute approximate surface area is 206 Å². The molecule has 0 spiro atoms. The lowest BCUT2D eigenvalue weighted by molar-refractivity contribution is 0.0988. The second-order valence-corrected chi connectivity index (χ2v) is 8.74. The van der Waals surface area contributed by atoms with Gasteiger partial charge < -0.3 is 20.3 Å². The van der Waals surface area contributed by atoms with E-state index in [2.05, 4.69) is 25.6 Å². The van der Waals surface area contributed by atoms with Gasteiger partial charge in [0, 0.05) is 19.4 Å². The summed E-state index contributed by atoms with van der Waals surface area (Å²) in [7, 11) is 3.38. The Morgan fingerprint density at radius 3 is 2.50 bits per heavy atom. The smallest absolute Gasteiger partial charge is 0.270 e. The molecule has 0 aliphatic carbocycles. The Morgan fingerprint density at radius 1 is 1.09 bits per heavy atom. The molecule has 0 unspecified atom stereocenters. The van der Waals surface area contributed by atoms with Crippen molar-refractivity contribution in [3.63, 3.8) is 0 Å². The van der Waals surface area contributed by atoms with Gasteiger partial charge in [0.25, 0.3) is 5.91 Å². The van der Waals surface area contributed by atoms with Crippen molar-refractivity contribution in [1.29, 1.82) is 0 Å². The number of anilines is 4. The number of methoxy groups -OCH3 is 1. The maximum Gasteiger partial charge on any atom is 0.270 e. The van der Waals surface area contributed by atoms with Crippen molar-refractivity contribution in [2.75, 3.05) is 29.7 Å². The van der Waals surface area contributed by atoms with E-state index in [0.717, 1.165) is 16.9 Å². The molecule has 2 aromatic heterocycles. The highest BCUT2D eigenvalue weighted by Gasteiger charge is 2.24. The standard InChI is InChI=1S/C24H23ClN6O2S/c1-15-5-4-6-18(25)20(15)31(14-16-7-9-17(33-3)10-8-16)23(32)19-13-29-24(34-19)30-22-21(26-2)27-11-12-28-22/h4-13H,14H2,1-3H3,(H,26,27)(H,28,29,30). The van der Waals surface area contributed by atoms with Crippen molar-refractivity contribution in [3.05, 3.63) is 82.1 Å². The van der Waals surface area contributed by atoms with Gasteiger partial charge in [-0.05, 0) is 36.2 Å². The van der Waals surface area contributed by atoms with Crippen LogP contribution in [-0.4, -0.2) is 35.0 Å². The molecule has 1 amide bonds. The van der Waals surface area contributed by atoms with Gasteiger partial charge in [0.1, 0.15) is 10.6 Å². The van der Waals surface area contributed by atoms with E-state index in [-0.39, 0.29) is 5.91 Å². The number of benzene rings is 2. The zero-order valence-electron chi connectivity index (χ0n) is 18.9. The van der Waals surface area contributed by atoms with Crippen molar-refractivity contribution in [2.24, 2.45) is 0 Å². The van der Waals surface area contributed by atoms with Crippen LogP contribution in [0.3, 0.4) is 0 Å². The minimum absolute atomic E-state index is 0.203. The molecule has 0 atom stereocenters. The normalized spacial score (nSPS) is 10.6. The Hall–Kier alpha value is -3.69. The van der Waals surface area contributed by atoms with Gasteiger partial charge in [0.05, 0.1) is 30.6 Å². The van der Waals surface area contributed by atoms with Crippen LogP contribution < -0.4 is 20.3 Å². The maximum atomic E-state index is 13.7. The molecule has 34 heavy (non-hydrogen) atoms. The van der Waals surface area contributed by atoms with Crippen molar-refractivity contribution in [3.8, 4) is 5.75 Å². The van der Waals surface area contributed by atoms with Crippen LogP contribution in [0.2, 0.25) is 5.02 Å². The summed E-state index contributed by atoms with van der Waals surface area (Å²) in [5.41, 5.74) is 2.50. The Bertz CT molecular complexity index is 1270. The van der Waals surface area contributed by atoms with Gasteiger partial charge in [-0.25, -0.2) is 15.0 Å². The van der Waals surface area contributed by atoms with Gasteiger partial charge in [-0.15, -0.1) is 0 Å². The zero-order valence-corrected chi connectivity index (χ0v) is 20.4. The molecule has 2 N–H and O–H groups in total. The summed E-state index contributed by atoms with van der Waals surface area (Å²) in [5, 5.41) is 7.13. The molecule has 8 nitrogen and oxygen atoms in total. The number of carbonyl (C=O) groups excluding carboxylic acids is 1. The van der Waals surface area contributed by atoms with Crippen molar-refractivity contribution in [1.82, 2.24) is 15.0 Å². The molecule has 0 aliphatic heterocycles. The molecule has 0 saturated heterocycles. The van der Waals surface area contributed by atoms with E-state index in [0.29, 0.717) is 38.9 Å². The maximum absolute atomic E-state index is 13.7. The van der Waals surface area contributed by atoms with Gasteiger partial charge in [-0.3, -0.25) is 4.79 Å². The number of aromatic nitrogens is 3. The van der Waals surface area contributed by atoms with Crippen LogP contribution in [0, 0.1) is 6.92 Å². The van der Waals surface area contributed by atoms with Crippen LogP contribution in [0.1, 0.15) is 20.8 Å². The number of ether oxygens (including phenoxy) is 1. The lowest BCUT2D eigenvalue weighted by atomic mass is 10.1. The van der Waals surface area contributed by atoms with Crippen LogP contribution in [0.15, 0.2) is 61.1 Å². The predicted octanol–water partition coefficient (Wildman–Crippen LogP) is 5.54. The third-order valence-electron chi connectivity index (χ3n) is 5.08. The Kier molecular flexibility index (Phi) is 7.24. The van der Waals surface area contributed by atoms with E-state index < -0.39 is 0 Å². The summed E-state index contributed by atoms with van der Waals surface area (Å²) >= 11 is 7.79. The van der Waals surface area contributed by atoms with Gasteiger partial charge in [-0.1, -0.05) is 47.2 Å². The quantitative estimate of drug-likeness (QED) is 0.332. The van der Waals surface area contributed by atoms with Crippen LogP contribution in [0.4, 0.5) is 22.5 Å². The average Bonchev–Trinajstić information content (AvgIpc) is 3.32. The van der Waals surface area contributed by atoms with Gasteiger partial charge >= 0.3 is 0 Å². The highest BCUT2D eigenvalue weighted by molar-refractivity contribution is 7.17. The molecule has 4 aromatic rings. The van der Waals surface area contributed by atoms with E-state index >= 15 is 0 Å². The first-order valence-corrected chi connectivity index (χ1v) is 11.6. The number of amides is 1. The lowest BCUT2D eigenvalue weighted by Crippen LogP contribution is -2.30. The average molecular weight is 495 g/mol. The lowest BCUT2D eigenvalue weighted by Gasteiger charge is -2.25. The molecule has 0 bridgehead atoms. The molecular formula is C24H23ClN6O2S. The third-order valence-corrected chi connectivity index (χ3v) is 6.29. The topological polar surface area (TPSA) is 92.3 Å². The summed E-state index contributed by atoms with van der Waals surface area (Å²) in [4.78, 5) is 28.7. The highest BCUT2D eigenvalue weighted by atomic mass is 35.5. The fourth-order valence-electron chi connectivity index (χ4n) is 3.41. The molecule has 10 heteroatoms. The first-order valence-electron chi connectivity index (χ1n) is 10.4. The SMILES string of the molecule is CNc1nccnc1Nc1ncc(C(=O)N(Cc2ccc(OC)cc2)c2c(C)cccc2Cl)s1. The second-order valence-electron chi connectivity index (χ2n) is 7.30. The van der Waals surface area contributed by atoms with E-state index in [1.54, 1.807) is 43.7 Å². The summed E-state index contributed by atoms with van der Waals surface area (Å²) in [6, 6.07) is 13.2. The number of thiazole rings is 1. The van der Waals surface area contributed by atoms with Crippen molar-refractivity contribution >= 4 is 51.3 Å². The first-order chi connectivity index (χ1) is 16.5. The van der Waals surface area contributed by atoms with Crippen LogP contribution in [0.5, 0.6) is 5.75 Å². The van der Waals surface area contributed by atoms with E-state index in [4.69, 9.17) is 16.3 Å². The summed E-state index contributed by atoms with van der Waals surface area (Å²) in [5.74, 6) is 1.65. The fraction of sp³-hybridized carbons (Fsp3) is 0.167. The largest absolute Gasteiger partial charge is 0.497 e. The number of hydrogen-bond donors (Lipinski definition) is 2.